The minimum absolute atomic E-state index is 0.480. The molecule has 1 aliphatic heterocycles. The van der Waals surface area contributed by atoms with Crippen LogP contribution in [0, 0.1) is 0 Å². The molecule has 0 unspecified atom stereocenters. The van der Waals surface area contributed by atoms with Gasteiger partial charge in [0.25, 0.3) is 0 Å². The number of rotatable bonds is 5. The van der Waals surface area contributed by atoms with Crippen molar-refractivity contribution >= 4 is 27.7 Å². The first-order valence-electron chi connectivity index (χ1n) is 8.82. The number of piperidine rings is 1. The van der Waals surface area contributed by atoms with Gasteiger partial charge in [0.1, 0.15) is 12.4 Å². The van der Waals surface area contributed by atoms with Crippen molar-refractivity contribution in [2.75, 3.05) is 25.1 Å². The van der Waals surface area contributed by atoms with Crippen LogP contribution in [0.4, 0.5) is 5.13 Å². The van der Waals surface area contributed by atoms with Gasteiger partial charge in [0.05, 0.1) is 11.0 Å². The number of ether oxygens (including phenoxy) is 1. The van der Waals surface area contributed by atoms with Crippen LogP contribution >= 0.6 is 11.5 Å². The van der Waals surface area contributed by atoms with Crippen LogP contribution in [-0.2, 0) is 17.8 Å². The molecule has 132 valence electrons. The van der Waals surface area contributed by atoms with Gasteiger partial charge < -0.3 is 14.2 Å². The third kappa shape index (κ3) is 3.14. The smallest absolute Gasteiger partial charge is 0.205 e. The van der Waals surface area contributed by atoms with E-state index in [1.807, 2.05) is 0 Å². The van der Waals surface area contributed by atoms with E-state index in [9.17, 15) is 0 Å². The third-order valence-electron chi connectivity index (χ3n) is 4.82. The summed E-state index contributed by atoms with van der Waals surface area (Å²) >= 11 is 1.47. The van der Waals surface area contributed by atoms with Gasteiger partial charge in [-0.1, -0.05) is 19.1 Å². The Morgan fingerprint density at radius 2 is 2.00 bits per heavy atom. The van der Waals surface area contributed by atoms with E-state index in [0.29, 0.717) is 12.6 Å². The molecule has 0 aliphatic carbocycles. The lowest BCUT2D eigenvalue weighted by Crippen LogP contribution is -2.35. The van der Waals surface area contributed by atoms with E-state index in [-0.39, 0.29) is 0 Å². The van der Waals surface area contributed by atoms with E-state index in [4.69, 9.17) is 9.72 Å². The molecular weight excluding hydrogens is 334 g/mol. The predicted octanol–water partition coefficient (Wildman–Crippen LogP) is 3.44. The lowest BCUT2D eigenvalue weighted by atomic mass is 10.0. The van der Waals surface area contributed by atoms with Gasteiger partial charge in [0, 0.05) is 44.2 Å². The second kappa shape index (κ2) is 7.09. The summed E-state index contributed by atoms with van der Waals surface area (Å²) in [6.45, 7) is 4.67. The number of nitrogens with zero attached hydrogens (tertiary/aromatic N) is 5. The summed E-state index contributed by atoms with van der Waals surface area (Å²) in [5, 5.41) is 1.01. The molecule has 1 aromatic carbocycles. The summed E-state index contributed by atoms with van der Waals surface area (Å²) in [7, 11) is 1.67. The number of hydrogen-bond donors (Lipinski definition) is 0. The van der Waals surface area contributed by atoms with Gasteiger partial charge in [-0.3, -0.25) is 0 Å². The minimum atomic E-state index is 0.480. The fourth-order valence-electron chi connectivity index (χ4n) is 3.63. The van der Waals surface area contributed by atoms with Crippen molar-refractivity contribution in [3.05, 3.63) is 35.9 Å². The Morgan fingerprint density at radius 1 is 1.20 bits per heavy atom. The summed E-state index contributed by atoms with van der Waals surface area (Å²) in [5.41, 5.74) is 2.37. The standard InChI is InChI=1S/C18H23N5OS/c1-3-17-19-14-6-4-5-7-15(14)23(17)13-8-10-22(11-9-13)18-20-16(12-24-2)21-25-18/h4-7,13H,3,8-12H2,1-2H3. The zero-order valence-corrected chi connectivity index (χ0v) is 15.5. The quantitative estimate of drug-likeness (QED) is 0.700. The van der Waals surface area contributed by atoms with Crippen LogP contribution in [0.5, 0.6) is 0 Å². The SMILES string of the molecule is CCc1nc2ccccc2n1C1CCN(c2nc(COC)ns2)CC1. The van der Waals surface area contributed by atoms with Crippen molar-refractivity contribution in [1.82, 2.24) is 18.9 Å². The Hall–Kier alpha value is -1.99. The largest absolute Gasteiger partial charge is 0.377 e. The zero-order chi connectivity index (χ0) is 17.2. The number of imidazole rings is 1. The minimum Gasteiger partial charge on any atom is -0.377 e. The summed E-state index contributed by atoms with van der Waals surface area (Å²) in [6, 6.07) is 8.97. The maximum absolute atomic E-state index is 5.11. The molecule has 2 aromatic heterocycles. The molecule has 1 saturated heterocycles. The first-order chi connectivity index (χ1) is 12.3. The van der Waals surface area contributed by atoms with Gasteiger partial charge in [-0.05, 0) is 25.0 Å². The van der Waals surface area contributed by atoms with E-state index in [0.717, 1.165) is 48.8 Å². The highest BCUT2D eigenvalue weighted by Gasteiger charge is 2.25. The topological polar surface area (TPSA) is 56.1 Å². The Labute approximate surface area is 151 Å². The van der Waals surface area contributed by atoms with Crippen LogP contribution in [0.2, 0.25) is 0 Å². The molecule has 0 radical (unpaired) electrons. The molecule has 6 nitrogen and oxygen atoms in total. The van der Waals surface area contributed by atoms with Gasteiger partial charge in [0.15, 0.2) is 5.82 Å². The van der Waals surface area contributed by atoms with Gasteiger partial charge >= 0.3 is 0 Å². The zero-order valence-electron chi connectivity index (χ0n) is 14.7. The van der Waals surface area contributed by atoms with Crippen LogP contribution < -0.4 is 4.90 Å². The van der Waals surface area contributed by atoms with Gasteiger partial charge in [-0.25, -0.2) is 9.97 Å². The lowest BCUT2D eigenvalue weighted by Gasteiger charge is -2.33. The number of aromatic nitrogens is 4. The number of fused-ring (bicyclic) bond motifs is 1. The summed E-state index contributed by atoms with van der Waals surface area (Å²) in [6.07, 6.45) is 3.17. The normalized spacial score (nSPS) is 16.0. The fraction of sp³-hybridized carbons (Fsp3) is 0.500. The maximum Gasteiger partial charge on any atom is 0.205 e. The Kier molecular flexibility index (Phi) is 4.67. The monoisotopic (exact) mass is 357 g/mol. The third-order valence-corrected chi connectivity index (χ3v) is 5.63. The van der Waals surface area contributed by atoms with Gasteiger partial charge in [0.2, 0.25) is 5.13 Å². The molecule has 0 atom stereocenters. The summed E-state index contributed by atoms with van der Waals surface area (Å²) in [5.74, 6) is 1.97. The number of para-hydroxylation sites is 2. The average molecular weight is 357 g/mol. The molecule has 1 fully saturated rings. The summed E-state index contributed by atoms with van der Waals surface area (Å²) in [4.78, 5) is 11.8. The fourth-order valence-corrected chi connectivity index (χ4v) is 4.35. The van der Waals surface area contributed by atoms with Crippen molar-refractivity contribution in [1.29, 1.82) is 0 Å². The molecule has 3 heterocycles. The van der Waals surface area contributed by atoms with Crippen LogP contribution in [-0.4, -0.2) is 39.1 Å². The molecule has 0 bridgehead atoms. The number of hydrogen-bond acceptors (Lipinski definition) is 6. The lowest BCUT2D eigenvalue weighted by molar-refractivity contribution is 0.179. The number of anilines is 1. The van der Waals surface area contributed by atoms with Gasteiger partial charge in [-0.15, -0.1) is 0 Å². The van der Waals surface area contributed by atoms with Crippen LogP contribution in [0.25, 0.3) is 11.0 Å². The van der Waals surface area contributed by atoms with Crippen molar-refractivity contribution in [3.8, 4) is 0 Å². The molecule has 0 amide bonds. The molecule has 1 aliphatic rings. The van der Waals surface area contributed by atoms with Crippen molar-refractivity contribution < 1.29 is 4.74 Å². The second-order valence-electron chi connectivity index (χ2n) is 6.38. The van der Waals surface area contributed by atoms with Crippen LogP contribution in [0.1, 0.15) is 37.5 Å². The highest BCUT2D eigenvalue weighted by atomic mass is 32.1. The van der Waals surface area contributed by atoms with E-state index < -0.39 is 0 Å². The molecular formula is C18H23N5OS. The van der Waals surface area contributed by atoms with Crippen LogP contribution in [0.3, 0.4) is 0 Å². The van der Waals surface area contributed by atoms with Crippen molar-refractivity contribution in [2.45, 2.75) is 38.8 Å². The van der Waals surface area contributed by atoms with Gasteiger partial charge in [-0.2, -0.15) is 4.37 Å². The summed E-state index contributed by atoms with van der Waals surface area (Å²) < 4.78 is 11.9. The molecule has 7 heteroatoms. The molecule has 0 saturated carbocycles. The Balaban J connectivity index is 1.52. The second-order valence-corrected chi connectivity index (χ2v) is 7.12. The maximum atomic E-state index is 5.11. The van der Waals surface area contributed by atoms with Crippen molar-refractivity contribution in [2.24, 2.45) is 0 Å². The predicted molar refractivity (Wildman–Crippen MR) is 100 cm³/mol. The molecule has 0 N–H and O–H groups in total. The highest BCUT2D eigenvalue weighted by molar-refractivity contribution is 7.09. The Morgan fingerprint density at radius 3 is 2.76 bits per heavy atom. The van der Waals surface area contributed by atoms with Crippen LogP contribution in [0.15, 0.2) is 24.3 Å². The van der Waals surface area contributed by atoms with E-state index in [1.54, 1.807) is 7.11 Å². The molecule has 4 rings (SSSR count). The van der Waals surface area contributed by atoms with E-state index in [1.165, 1.54) is 22.9 Å². The van der Waals surface area contributed by atoms with E-state index in [2.05, 4.69) is 50.0 Å². The van der Waals surface area contributed by atoms with E-state index >= 15 is 0 Å². The first-order valence-corrected chi connectivity index (χ1v) is 9.59. The Bertz CT molecular complexity index is 850. The number of methoxy groups -OCH3 is 1. The molecule has 0 spiro atoms. The number of benzene rings is 1. The average Bonchev–Trinajstić information content (AvgIpc) is 3.26. The van der Waals surface area contributed by atoms with Crippen molar-refractivity contribution in [3.63, 3.8) is 0 Å². The highest BCUT2D eigenvalue weighted by Crippen LogP contribution is 2.31. The number of aryl methyl sites for hydroxylation is 1. The molecule has 25 heavy (non-hydrogen) atoms. The molecule has 3 aromatic rings. The first kappa shape index (κ1) is 16.5.